The van der Waals surface area contributed by atoms with E-state index in [2.05, 4.69) is 25.3 Å². The molecule has 6 nitrogen and oxygen atoms in total. The molecule has 2 fully saturated rings. The molecule has 0 amide bonds. The van der Waals surface area contributed by atoms with Crippen molar-refractivity contribution < 1.29 is 28.9 Å². The van der Waals surface area contributed by atoms with E-state index < -0.39 is 5.97 Å². The fraction of sp³-hybridized carbons (Fsp3) is 0.800. The molecule has 104 valence electrons. The van der Waals surface area contributed by atoms with Gasteiger partial charge in [0, 0.05) is 6.61 Å². The average molecular weight is 296 g/mol. The Morgan fingerprint density at radius 3 is 2.50 bits per heavy atom. The molecule has 3 atom stereocenters. The van der Waals surface area contributed by atoms with Gasteiger partial charge in [0.15, 0.2) is 6.10 Å². The number of carboxylic acids is 1. The van der Waals surface area contributed by atoms with Crippen molar-refractivity contribution in [1.82, 2.24) is 0 Å². The molecule has 1 unspecified atom stereocenters. The lowest BCUT2D eigenvalue weighted by atomic mass is 10.1. The van der Waals surface area contributed by atoms with Crippen LogP contribution in [0.2, 0.25) is 0 Å². The molecule has 2 rings (SSSR count). The Morgan fingerprint density at radius 1 is 1.28 bits per heavy atom. The number of carboxylic acid groups (broad SMARTS) is 1. The number of hydrogen-bond acceptors (Lipinski definition) is 7. The van der Waals surface area contributed by atoms with Crippen LogP contribution in [0.25, 0.3) is 0 Å². The molecule has 0 aromatic carbocycles. The van der Waals surface area contributed by atoms with Crippen LogP contribution in [0, 0.1) is 0 Å². The van der Waals surface area contributed by atoms with Crippen LogP contribution >= 0.6 is 25.3 Å². The maximum atomic E-state index is 10.9. The van der Waals surface area contributed by atoms with Crippen LogP contribution in [0.15, 0.2) is 0 Å². The second kappa shape index (κ2) is 7.88. The molecule has 2 saturated heterocycles. The summed E-state index contributed by atoms with van der Waals surface area (Å²) in [6.07, 6.45) is 0.744. The third-order valence-corrected chi connectivity index (χ3v) is 3.00. The van der Waals surface area contributed by atoms with Gasteiger partial charge in [-0.1, -0.05) is 0 Å². The first-order valence-electron chi connectivity index (χ1n) is 5.44. The molecule has 8 heteroatoms. The Hall–Kier alpha value is -0.440. The zero-order chi connectivity index (χ0) is 13.5. The van der Waals surface area contributed by atoms with Gasteiger partial charge in [-0.05, 0) is 6.42 Å². The number of fused-ring (bicyclic) bond motifs is 1. The quantitative estimate of drug-likeness (QED) is 0.503. The van der Waals surface area contributed by atoms with Gasteiger partial charge in [0.2, 0.25) is 0 Å². The number of esters is 1. The van der Waals surface area contributed by atoms with Crippen LogP contribution in [-0.2, 0) is 23.8 Å². The fourth-order valence-corrected chi connectivity index (χ4v) is 1.81. The normalized spacial score (nSPS) is 29.1. The highest BCUT2D eigenvalue weighted by Crippen LogP contribution is 2.28. The van der Waals surface area contributed by atoms with Crippen LogP contribution in [0.3, 0.4) is 0 Å². The topological polar surface area (TPSA) is 82.1 Å². The van der Waals surface area contributed by atoms with Gasteiger partial charge in [-0.3, -0.25) is 9.59 Å². The van der Waals surface area contributed by atoms with Crippen molar-refractivity contribution in [3.05, 3.63) is 0 Å². The molecule has 0 saturated carbocycles. The number of rotatable bonds is 3. The largest absolute Gasteiger partial charge is 0.481 e. The number of carbonyl (C=O) groups is 2. The summed E-state index contributed by atoms with van der Waals surface area (Å²) < 4.78 is 15.9. The maximum absolute atomic E-state index is 10.9. The lowest BCUT2D eigenvalue weighted by molar-refractivity contribution is -0.150. The Morgan fingerprint density at radius 2 is 1.94 bits per heavy atom. The van der Waals surface area contributed by atoms with Crippen LogP contribution in [0.1, 0.15) is 6.42 Å². The third-order valence-electron chi connectivity index (χ3n) is 2.47. The SMILES string of the molecule is O=C(CS)OC1CO[C@@H]2CCO[C@H]12.O=C(O)CS. The Kier molecular flexibility index (Phi) is 6.83. The van der Waals surface area contributed by atoms with Crippen molar-refractivity contribution in [3.63, 3.8) is 0 Å². The van der Waals surface area contributed by atoms with Gasteiger partial charge in [-0.2, -0.15) is 25.3 Å². The van der Waals surface area contributed by atoms with E-state index in [1.54, 1.807) is 0 Å². The zero-order valence-corrected chi connectivity index (χ0v) is 11.4. The van der Waals surface area contributed by atoms with Gasteiger partial charge in [-0.15, -0.1) is 0 Å². The summed E-state index contributed by atoms with van der Waals surface area (Å²) in [7, 11) is 0. The monoisotopic (exact) mass is 296 g/mol. The van der Waals surface area contributed by atoms with E-state index in [4.69, 9.17) is 19.3 Å². The van der Waals surface area contributed by atoms with Crippen LogP contribution < -0.4 is 0 Å². The van der Waals surface area contributed by atoms with E-state index in [9.17, 15) is 9.59 Å². The van der Waals surface area contributed by atoms with Crippen LogP contribution in [0.4, 0.5) is 0 Å². The minimum Gasteiger partial charge on any atom is -0.481 e. The molecule has 0 bridgehead atoms. The number of carbonyl (C=O) groups excluding carboxylic acids is 1. The van der Waals surface area contributed by atoms with Crippen molar-refractivity contribution in [2.45, 2.75) is 24.7 Å². The molecular formula is C10H16O6S2. The Bertz CT molecular complexity index is 298. The van der Waals surface area contributed by atoms with Gasteiger partial charge in [0.1, 0.15) is 6.10 Å². The van der Waals surface area contributed by atoms with E-state index in [1.165, 1.54) is 0 Å². The number of ether oxygens (including phenoxy) is 3. The number of thiol groups is 2. The first-order valence-corrected chi connectivity index (χ1v) is 6.71. The molecular weight excluding hydrogens is 280 g/mol. The standard InChI is InChI=1S/C8H12O4S.C2H4O2S/c9-7(4-13)12-6-3-11-5-1-2-10-8(5)6;3-2(4)1-5/h5-6,8,13H,1-4H2;5H,1H2,(H,3,4)/t5-,6?,8+;/m1./s1. The summed E-state index contributed by atoms with van der Waals surface area (Å²) in [5.41, 5.74) is 0. The van der Waals surface area contributed by atoms with Gasteiger partial charge in [-0.25, -0.2) is 0 Å². The van der Waals surface area contributed by atoms with Crippen LogP contribution in [0.5, 0.6) is 0 Å². The number of hydrogen-bond donors (Lipinski definition) is 3. The fourth-order valence-electron chi connectivity index (χ4n) is 1.74. The highest BCUT2D eigenvalue weighted by Gasteiger charge is 2.43. The smallest absolute Gasteiger partial charge is 0.316 e. The summed E-state index contributed by atoms with van der Waals surface area (Å²) in [5.74, 6) is -1.17. The second-order valence-corrected chi connectivity index (χ2v) is 4.37. The van der Waals surface area contributed by atoms with E-state index >= 15 is 0 Å². The van der Waals surface area contributed by atoms with Crippen molar-refractivity contribution in [1.29, 1.82) is 0 Å². The predicted molar refractivity (Wildman–Crippen MR) is 69.3 cm³/mol. The van der Waals surface area contributed by atoms with E-state index in [-0.39, 0.29) is 35.8 Å². The molecule has 2 aliphatic rings. The molecule has 0 radical (unpaired) electrons. The highest BCUT2D eigenvalue weighted by molar-refractivity contribution is 7.81. The van der Waals surface area contributed by atoms with E-state index in [1.807, 2.05) is 0 Å². The molecule has 2 heterocycles. The summed E-state index contributed by atoms with van der Waals surface area (Å²) in [6.45, 7) is 1.15. The summed E-state index contributed by atoms with van der Waals surface area (Å²) >= 11 is 7.24. The van der Waals surface area contributed by atoms with Crippen LogP contribution in [-0.4, -0.2) is 60.1 Å². The Labute approximate surface area is 116 Å². The molecule has 0 aromatic heterocycles. The van der Waals surface area contributed by atoms with Crippen molar-refractivity contribution in [3.8, 4) is 0 Å². The maximum Gasteiger partial charge on any atom is 0.316 e. The molecule has 0 aliphatic carbocycles. The predicted octanol–water partition coefficient (Wildman–Crippen LogP) is 0.0165. The third kappa shape index (κ3) is 4.68. The van der Waals surface area contributed by atoms with Crippen molar-refractivity contribution >= 4 is 37.2 Å². The lowest BCUT2D eigenvalue weighted by Gasteiger charge is -2.15. The van der Waals surface area contributed by atoms with E-state index in [0.29, 0.717) is 13.2 Å². The van der Waals surface area contributed by atoms with E-state index in [0.717, 1.165) is 6.42 Å². The van der Waals surface area contributed by atoms with Gasteiger partial charge in [0.05, 0.1) is 24.2 Å². The lowest BCUT2D eigenvalue weighted by Crippen LogP contribution is -2.32. The molecule has 0 aromatic rings. The highest BCUT2D eigenvalue weighted by atomic mass is 32.1. The Balaban J connectivity index is 0.000000280. The minimum absolute atomic E-state index is 0.0520. The molecule has 0 spiro atoms. The molecule has 1 N–H and O–H groups in total. The van der Waals surface area contributed by atoms with Gasteiger partial charge < -0.3 is 19.3 Å². The molecule has 18 heavy (non-hydrogen) atoms. The zero-order valence-electron chi connectivity index (χ0n) is 9.65. The first kappa shape index (κ1) is 15.6. The molecule has 2 aliphatic heterocycles. The first-order chi connectivity index (χ1) is 8.58. The van der Waals surface area contributed by atoms with Gasteiger partial charge >= 0.3 is 11.9 Å². The van der Waals surface area contributed by atoms with Crippen molar-refractivity contribution in [2.75, 3.05) is 24.7 Å². The van der Waals surface area contributed by atoms with Gasteiger partial charge in [0.25, 0.3) is 0 Å². The van der Waals surface area contributed by atoms with Crippen molar-refractivity contribution in [2.24, 2.45) is 0 Å². The summed E-state index contributed by atoms with van der Waals surface area (Å²) in [5, 5.41) is 7.65. The minimum atomic E-state index is -0.881. The second-order valence-electron chi connectivity index (χ2n) is 3.73. The number of aliphatic carboxylic acids is 1. The summed E-state index contributed by atoms with van der Waals surface area (Å²) in [4.78, 5) is 20.2. The average Bonchev–Trinajstić information content (AvgIpc) is 2.94. The summed E-state index contributed by atoms with van der Waals surface area (Å²) in [6, 6.07) is 0.